The second kappa shape index (κ2) is 4.24. The van der Waals surface area contributed by atoms with E-state index in [1.165, 1.54) is 5.56 Å². The van der Waals surface area contributed by atoms with Crippen molar-refractivity contribution in [3.8, 4) is 0 Å². The van der Waals surface area contributed by atoms with Gasteiger partial charge in [-0.15, -0.1) is 0 Å². The molecule has 2 bridgehead atoms. The van der Waals surface area contributed by atoms with Gasteiger partial charge in [-0.25, -0.2) is 0 Å². The zero-order valence-electron chi connectivity index (χ0n) is 13.5. The molecule has 3 saturated carbocycles. The SMILES string of the molecule is CC1(C)OB(C23CC(c4cc(Cl)cc(Cl)c4)(C2)C3)OC1(C)C. The summed E-state index contributed by atoms with van der Waals surface area (Å²) in [6.45, 7) is 8.46. The Morgan fingerprint density at radius 3 is 1.77 bits per heavy atom. The molecule has 0 amide bonds. The molecule has 0 N–H and O–H groups in total. The first-order valence-corrected chi connectivity index (χ1v) is 8.66. The van der Waals surface area contributed by atoms with Crippen molar-refractivity contribution in [3.05, 3.63) is 33.8 Å². The van der Waals surface area contributed by atoms with Crippen molar-refractivity contribution in [2.75, 3.05) is 0 Å². The smallest absolute Gasteiger partial charge is 0.403 e. The van der Waals surface area contributed by atoms with Gasteiger partial charge in [0.2, 0.25) is 0 Å². The van der Waals surface area contributed by atoms with Crippen LogP contribution in [-0.2, 0) is 14.7 Å². The van der Waals surface area contributed by atoms with E-state index in [0.29, 0.717) is 0 Å². The highest BCUT2D eigenvalue weighted by Crippen LogP contribution is 2.81. The fourth-order valence-corrected chi connectivity index (χ4v) is 4.90. The van der Waals surface area contributed by atoms with Crippen molar-refractivity contribution < 1.29 is 9.31 Å². The third-order valence-electron chi connectivity index (χ3n) is 6.30. The van der Waals surface area contributed by atoms with Gasteiger partial charge >= 0.3 is 7.12 Å². The van der Waals surface area contributed by atoms with Crippen molar-refractivity contribution in [1.82, 2.24) is 0 Å². The van der Waals surface area contributed by atoms with E-state index in [1.807, 2.05) is 0 Å². The standard InChI is InChI=1S/C17H21BCl2O2/c1-14(2)15(3,4)22-18(21-14)17-8-16(9-17,10-17)11-5-12(19)7-13(20)6-11/h5-7H,8-10H2,1-4H3. The first kappa shape index (κ1) is 15.3. The molecule has 1 saturated heterocycles. The highest BCUT2D eigenvalue weighted by Gasteiger charge is 2.76. The highest BCUT2D eigenvalue weighted by molar-refractivity contribution is 6.51. The number of hydrogen-bond donors (Lipinski definition) is 0. The summed E-state index contributed by atoms with van der Waals surface area (Å²) in [5.41, 5.74) is 1.00. The summed E-state index contributed by atoms with van der Waals surface area (Å²) in [4.78, 5) is 0. The number of hydrogen-bond acceptors (Lipinski definition) is 2. The van der Waals surface area contributed by atoms with E-state index >= 15 is 0 Å². The molecule has 0 atom stereocenters. The molecule has 1 aromatic rings. The summed E-state index contributed by atoms with van der Waals surface area (Å²) < 4.78 is 12.5. The van der Waals surface area contributed by atoms with Crippen molar-refractivity contribution >= 4 is 30.3 Å². The number of halogens is 2. The number of benzene rings is 1. The zero-order valence-corrected chi connectivity index (χ0v) is 15.0. The molecule has 22 heavy (non-hydrogen) atoms. The first-order valence-electron chi connectivity index (χ1n) is 7.90. The predicted molar refractivity (Wildman–Crippen MR) is 90.8 cm³/mol. The molecule has 0 unspecified atom stereocenters. The average molecular weight is 339 g/mol. The van der Waals surface area contributed by atoms with Crippen LogP contribution in [0.25, 0.3) is 0 Å². The maximum absolute atomic E-state index is 6.26. The Balaban J connectivity index is 1.53. The van der Waals surface area contributed by atoms with Crippen LogP contribution < -0.4 is 0 Å². The van der Waals surface area contributed by atoms with Gasteiger partial charge in [-0.05, 0) is 76.1 Å². The van der Waals surface area contributed by atoms with Crippen LogP contribution >= 0.6 is 23.2 Å². The summed E-state index contributed by atoms with van der Waals surface area (Å²) in [6.07, 6.45) is 3.31. The second-order valence-electron chi connectivity index (χ2n) is 8.42. The molecule has 3 aliphatic carbocycles. The van der Waals surface area contributed by atoms with E-state index in [9.17, 15) is 0 Å². The van der Waals surface area contributed by atoms with Crippen molar-refractivity contribution in [2.24, 2.45) is 0 Å². The number of rotatable bonds is 2. The van der Waals surface area contributed by atoms with Crippen LogP contribution in [0.2, 0.25) is 15.4 Å². The summed E-state index contributed by atoms with van der Waals surface area (Å²) in [5.74, 6) is 0. The van der Waals surface area contributed by atoms with Crippen LogP contribution in [0.3, 0.4) is 0 Å². The van der Waals surface area contributed by atoms with Gasteiger partial charge < -0.3 is 9.31 Å². The minimum absolute atomic E-state index is 0.0889. The Morgan fingerprint density at radius 2 is 1.32 bits per heavy atom. The minimum atomic E-state index is -0.250. The monoisotopic (exact) mass is 338 g/mol. The normalized spacial score (nSPS) is 37.6. The van der Waals surface area contributed by atoms with Crippen LogP contribution in [-0.4, -0.2) is 18.3 Å². The van der Waals surface area contributed by atoms with E-state index in [4.69, 9.17) is 32.5 Å². The van der Waals surface area contributed by atoms with Gasteiger partial charge in [0.05, 0.1) is 11.2 Å². The molecule has 0 spiro atoms. The Bertz CT molecular complexity index is 600. The van der Waals surface area contributed by atoms with E-state index in [-0.39, 0.29) is 29.0 Å². The van der Waals surface area contributed by atoms with Gasteiger partial charge in [0.25, 0.3) is 0 Å². The van der Waals surface area contributed by atoms with Gasteiger partial charge in [0.15, 0.2) is 0 Å². The Labute approximate surface area is 142 Å². The van der Waals surface area contributed by atoms with E-state index in [0.717, 1.165) is 29.3 Å². The summed E-state index contributed by atoms with van der Waals surface area (Å²) in [7, 11) is -0.0889. The van der Waals surface area contributed by atoms with Crippen LogP contribution in [0.4, 0.5) is 0 Å². The van der Waals surface area contributed by atoms with E-state index < -0.39 is 0 Å². The van der Waals surface area contributed by atoms with Crippen LogP contribution in [0, 0.1) is 0 Å². The van der Waals surface area contributed by atoms with Gasteiger partial charge in [-0.3, -0.25) is 0 Å². The Kier molecular flexibility index (Phi) is 2.96. The van der Waals surface area contributed by atoms with Crippen LogP contribution in [0.1, 0.15) is 52.5 Å². The maximum Gasteiger partial charge on any atom is 0.464 e. The average Bonchev–Trinajstić information content (AvgIpc) is 2.41. The minimum Gasteiger partial charge on any atom is -0.403 e. The van der Waals surface area contributed by atoms with Crippen molar-refractivity contribution in [2.45, 2.75) is 68.9 Å². The molecule has 0 aromatic heterocycles. The molecule has 1 heterocycles. The molecule has 118 valence electrons. The molecule has 4 fully saturated rings. The maximum atomic E-state index is 6.26. The predicted octanol–water partition coefficient (Wildman–Crippen LogP) is 5.26. The lowest BCUT2D eigenvalue weighted by Gasteiger charge is -2.71. The molecule has 1 aromatic carbocycles. The summed E-state index contributed by atoms with van der Waals surface area (Å²) in [6, 6.07) is 5.91. The van der Waals surface area contributed by atoms with Crippen LogP contribution in [0.15, 0.2) is 18.2 Å². The zero-order chi connectivity index (χ0) is 16.0. The van der Waals surface area contributed by atoms with Gasteiger partial charge in [0, 0.05) is 15.4 Å². The molecule has 2 nitrogen and oxygen atoms in total. The van der Waals surface area contributed by atoms with Gasteiger partial charge in [-0.1, -0.05) is 23.2 Å². The lowest BCUT2D eigenvalue weighted by molar-refractivity contribution is -0.0383. The first-order chi connectivity index (χ1) is 10.1. The van der Waals surface area contributed by atoms with Gasteiger partial charge in [0.1, 0.15) is 0 Å². The lowest BCUT2D eigenvalue weighted by atomic mass is 9.23. The molecular weight excluding hydrogens is 318 g/mol. The van der Waals surface area contributed by atoms with E-state index in [1.54, 1.807) is 6.07 Å². The Morgan fingerprint density at radius 1 is 0.864 bits per heavy atom. The third kappa shape index (κ3) is 1.89. The quantitative estimate of drug-likeness (QED) is 0.684. The van der Waals surface area contributed by atoms with Crippen molar-refractivity contribution in [3.63, 3.8) is 0 Å². The highest BCUT2D eigenvalue weighted by atomic mass is 35.5. The lowest BCUT2D eigenvalue weighted by Crippen LogP contribution is -2.66. The third-order valence-corrected chi connectivity index (χ3v) is 6.74. The molecule has 1 aliphatic heterocycles. The fourth-order valence-electron chi connectivity index (χ4n) is 4.38. The van der Waals surface area contributed by atoms with E-state index in [2.05, 4.69) is 39.8 Å². The molecule has 4 aliphatic rings. The second-order valence-corrected chi connectivity index (χ2v) is 9.29. The van der Waals surface area contributed by atoms with Crippen LogP contribution in [0.5, 0.6) is 0 Å². The fraction of sp³-hybridized carbons (Fsp3) is 0.647. The topological polar surface area (TPSA) is 18.5 Å². The summed E-state index contributed by atoms with van der Waals surface area (Å²) >= 11 is 12.3. The van der Waals surface area contributed by atoms with Gasteiger partial charge in [-0.2, -0.15) is 0 Å². The molecule has 5 rings (SSSR count). The largest absolute Gasteiger partial charge is 0.464 e. The Hall–Kier alpha value is -0.215. The molecule has 5 heteroatoms. The van der Waals surface area contributed by atoms with Crippen molar-refractivity contribution in [1.29, 1.82) is 0 Å². The molecule has 0 radical (unpaired) electrons. The molecular formula is C17H21BCl2O2. The summed E-state index contributed by atoms with van der Waals surface area (Å²) in [5, 5.41) is 1.62.